The van der Waals surface area contributed by atoms with Crippen LogP contribution in [0.3, 0.4) is 0 Å². The van der Waals surface area contributed by atoms with Crippen molar-refractivity contribution in [2.75, 3.05) is 0 Å². The molecule has 0 spiro atoms. The van der Waals surface area contributed by atoms with Crippen molar-refractivity contribution in [3.05, 3.63) is 107 Å². The maximum absolute atomic E-state index is 14.4. The van der Waals surface area contributed by atoms with Crippen molar-refractivity contribution in [1.29, 1.82) is 0 Å². The number of hydrogen-bond acceptors (Lipinski definition) is 1. The Labute approximate surface area is 212 Å². The number of ether oxygens (including phenoxy) is 1. The minimum Gasteiger partial charge on any atom is -0.432 e. The Balaban J connectivity index is 1.68. The molecule has 3 rings (SSSR count). The summed E-state index contributed by atoms with van der Waals surface area (Å²) in [5, 5.41) is 0. The van der Waals surface area contributed by atoms with E-state index in [4.69, 9.17) is 0 Å². The van der Waals surface area contributed by atoms with Crippen molar-refractivity contribution in [2.24, 2.45) is 0 Å². The molecule has 1 nitrogen and oxygen atoms in total. The molecule has 0 aliphatic heterocycles. The van der Waals surface area contributed by atoms with Crippen LogP contribution in [0.1, 0.15) is 37.3 Å². The van der Waals surface area contributed by atoms with E-state index in [0.29, 0.717) is 24.3 Å². The summed E-state index contributed by atoms with van der Waals surface area (Å²) in [5.41, 5.74) is -1.33. The van der Waals surface area contributed by atoms with Crippen LogP contribution in [0.2, 0.25) is 0 Å². The van der Waals surface area contributed by atoms with E-state index >= 15 is 0 Å². The van der Waals surface area contributed by atoms with E-state index in [2.05, 4.69) is 4.74 Å². The van der Waals surface area contributed by atoms with Crippen LogP contribution < -0.4 is 4.74 Å². The molecule has 38 heavy (non-hydrogen) atoms. The molecule has 10 heteroatoms. The SMILES string of the molecule is C/C=C/CC/C(F)=C(\F)c1ccc(CCC(F)(F)Oc2ccc(-c3cc(F)c(F)c(F)c3)c(F)c2)c(F)c1. The zero-order chi connectivity index (χ0) is 28.0. The first-order valence-electron chi connectivity index (χ1n) is 11.4. The predicted molar refractivity (Wildman–Crippen MR) is 125 cm³/mol. The standard InChI is InChI=1S/C28H21F9O/c1-2-3-4-5-21(29)26(34)17-7-6-16(22(30)12-17)10-11-28(36,37)38-19-8-9-20(23(31)15-19)18-13-24(32)27(35)25(33)14-18/h2-3,6-9,12-15H,4-5,10-11H2,1H3/b3-2+,26-21+. The van der Waals surface area contributed by atoms with Crippen LogP contribution in [0.5, 0.6) is 5.75 Å². The first-order chi connectivity index (χ1) is 17.9. The van der Waals surface area contributed by atoms with Crippen LogP contribution >= 0.6 is 0 Å². The van der Waals surface area contributed by atoms with E-state index in [9.17, 15) is 39.5 Å². The highest BCUT2D eigenvalue weighted by atomic mass is 19.3. The Morgan fingerprint density at radius 2 is 1.53 bits per heavy atom. The van der Waals surface area contributed by atoms with Crippen LogP contribution in [0.15, 0.2) is 66.5 Å². The molecule has 3 aromatic rings. The quantitative estimate of drug-likeness (QED) is 0.140. The van der Waals surface area contributed by atoms with E-state index in [1.165, 1.54) is 0 Å². The van der Waals surface area contributed by atoms with Gasteiger partial charge in [0, 0.05) is 23.6 Å². The van der Waals surface area contributed by atoms with E-state index in [1.807, 2.05) is 0 Å². The molecule has 0 saturated heterocycles. The van der Waals surface area contributed by atoms with Crippen molar-refractivity contribution in [3.8, 4) is 16.9 Å². The van der Waals surface area contributed by atoms with Crippen LogP contribution in [0.4, 0.5) is 39.5 Å². The second-order valence-corrected chi connectivity index (χ2v) is 8.27. The number of allylic oxidation sites excluding steroid dienone is 3. The highest BCUT2D eigenvalue weighted by molar-refractivity contribution is 5.65. The lowest BCUT2D eigenvalue weighted by molar-refractivity contribution is -0.180. The fourth-order valence-corrected chi connectivity index (χ4v) is 3.54. The Hall–Kier alpha value is -3.69. The smallest absolute Gasteiger partial charge is 0.398 e. The summed E-state index contributed by atoms with van der Waals surface area (Å²) >= 11 is 0. The summed E-state index contributed by atoms with van der Waals surface area (Å²) in [5.74, 6) is -9.99. The topological polar surface area (TPSA) is 9.23 Å². The molecule has 0 N–H and O–H groups in total. The van der Waals surface area contributed by atoms with Crippen molar-refractivity contribution in [3.63, 3.8) is 0 Å². The van der Waals surface area contributed by atoms with Gasteiger partial charge in [-0.15, -0.1) is 0 Å². The lowest BCUT2D eigenvalue weighted by Crippen LogP contribution is -2.25. The van der Waals surface area contributed by atoms with Gasteiger partial charge in [-0.25, -0.2) is 30.7 Å². The Bertz CT molecular complexity index is 1340. The van der Waals surface area contributed by atoms with Crippen LogP contribution in [0, 0.1) is 29.1 Å². The molecule has 0 radical (unpaired) electrons. The van der Waals surface area contributed by atoms with Gasteiger partial charge in [0.2, 0.25) is 0 Å². The molecule has 0 bridgehead atoms. The van der Waals surface area contributed by atoms with Gasteiger partial charge in [-0.1, -0.05) is 24.3 Å². The van der Waals surface area contributed by atoms with Gasteiger partial charge in [0.1, 0.15) is 23.2 Å². The number of alkyl halides is 2. The van der Waals surface area contributed by atoms with E-state index in [-0.39, 0.29) is 35.1 Å². The minimum atomic E-state index is -3.89. The average Bonchev–Trinajstić information content (AvgIpc) is 2.85. The number of rotatable bonds is 10. The summed E-state index contributed by atoms with van der Waals surface area (Å²) < 4.78 is 130. The normalized spacial score (nSPS) is 12.7. The maximum Gasteiger partial charge on any atom is 0.398 e. The predicted octanol–water partition coefficient (Wildman–Crippen LogP) is 9.62. The van der Waals surface area contributed by atoms with Gasteiger partial charge in [-0.2, -0.15) is 8.78 Å². The number of hydrogen-bond donors (Lipinski definition) is 0. The lowest BCUT2D eigenvalue weighted by Gasteiger charge is -2.19. The van der Waals surface area contributed by atoms with Gasteiger partial charge in [0.25, 0.3) is 0 Å². The molecular formula is C28H21F9O. The highest BCUT2D eigenvalue weighted by Gasteiger charge is 2.32. The lowest BCUT2D eigenvalue weighted by atomic mass is 10.0. The molecule has 0 aliphatic rings. The minimum absolute atomic E-state index is 0.207. The summed E-state index contributed by atoms with van der Waals surface area (Å²) in [6.45, 7) is 1.72. The van der Waals surface area contributed by atoms with Crippen LogP contribution in [-0.2, 0) is 6.42 Å². The van der Waals surface area contributed by atoms with Crippen molar-refractivity contribution >= 4 is 5.83 Å². The van der Waals surface area contributed by atoms with Crippen LogP contribution in [-0.4, -0.2) is 6.11 Å². The molecule has 0 unspecified atom stereocenters. The summed E-state index contributed by atoms with van der Waals surface area (Å²) in [7, 11) is 0. The average molecular weight is 544 g/mol. The summed E-state index contributed by atoms with van der Waals surface area (Å²) in [4.78, 5) is 0. The molecule has 0 fully saturated rings. The third-order valence-corrected chi connectivity index (χ3v) is 5.50. The highest BCUT2D eigenvalue weighted by Crippen LogP contribution is 2.33. The second kappa shape index (κ2) is 12.2. The van der Waals surface area contributed by atoms with E-state index in [0.717, 1.165) is 24.3 Å². The van der Waals surface area contributed by atoms with Crippen molar-refractivity contribution in [1.82, 2.24) is 0 Å². The maximum atomic E-state index is 14.4. The fourth-order valence-electron chi connectivity index (χ4n) is 3.54. The van der Waals surface area contributed by atoms with Crippen LogP contribution in [0.25, 0.3) is 17.0 Å². The Kier molecular flexibility index (Phi) is 9.30. The van der Waals surface area contributed by atoms with E-state index in [1.54, 1.807) is 19.1 Å². The number of benzene rings is 3. The third-order valence-electron chi connectivity index (χ3n) is 5.50. The zero-order valence-corrected chi connectivity index (χ0v) is 19.9. The molecule has 3 aromatic carbocycles. The first-order valence-corrected chi connectivity index (χ1v) is 11.4. The van der Waals surface area contributed by atoms with E-state index < -0.39 is 65.4 Å². The van der Waals surface area contributed by atoms with Crippen molar-refractivity contribution < 1.29 is 44.3 Å². The Morgan fingerprint density at radius 1 is 0.842 bits per heavy atom. The third kappa shape index (κ3) is 7.20. The summed E-state index contributed by atoms with van der Waals surface area (Å²) in [6, 6.07) is 6.31. The van der Waals surface area contributed by atoms with Gasteiger partial charge in [-0.3, -0.25) is 0 Å². The van der Waals surface area contributed by atoms with Gasteiger partial charge in [0.05, 0.1) is 6.42 Å². The molecule has 0 atom stereocenters. The zero-order valence-electron chi connectivity index (χ0n) is 19.9. The monoisotopic (exact) mass is 544 g/mol. The molecular weight excluding hydrogens is 523 g/mol. The largest absolute Gasteiger partial charge is 0.432 e. The van der Waals surface area contributed by atoms with Crippen molar-refractivity contribution in [2.45, 2.75) is 38.7 Å². The first kappa shape index (κ1) is 28.9. The number of aryl methyl sites for hydroxylation is 1. The molecule has 202 valence electrons. The Morgan fingerprint density at radius 3 is 2.13 bits per heavy atom. The summed E-state index contributed by atoms with van der Waals surface area (Å²) in [6.07, 6.45) is -2.15. The molecule has 0 aliphatic carbocycles. The van der Waals surface area contributed by atoms with Gasteiger partial charge in [-0.05, 0) is 61.2 Å². The molecule has 0 amide bonds. The molecule has 0 saturated carbocycles. The number of halogens is 9. The molecule has 0 aromatic heterocycles. The van der Waals surface area contributed by atoms with Gasteiger partial charge in [0.15, 0.2) is 23.3 Å². The fraction of sp³-hybridized carbons (Fsp3) is 0.214. The van der Waals surface area contributed by atoms with Gasteiger partial charge < -0.3 is 4.74 Å². The second-order valence-electron chi connectivity index (χ2n) is 8.27. The molecule has 0 heterocycles. The van der Waals surface area contributed by atoms with Gasteiger partial charge >= 0.3 is 6.11 Å².